The Morgan fingerprint density at radius 2 is 1.81 bits per heavy atom. The maximum absolute atomic E-state index is 12.2. The summed E-state index contributed by atoms with van der Waals surface area (Å²) >= 11 is 0. The van der Waals surface area contributed by atoms with Crippen molar-refractivity contribution in [2.24, 2.45) is 0 Å². The molecule has 1 aromatic carbocycles. The number of likely N-dealkylation sites (tertiary alicyclic amines) is 1. The molecule has 0 radical (unpaired) electrons. The molecule has 3 rings (SSSR count). The van der Waals surface area contributed by atoms with Crippen LogP contribution >= 0.6 is 0 Å². The number of benzene rings is 1. The maximum atomic E-state index is 12.2. The molecule has 26 heavy (non-hydrogen) atoms. The van der Waals surface area contributed by atoms with E-state index in [-0.39, 0.29) is 18.4 Å². The standard InChI is InChI=1S/C20H26N4O2/c1-15-13-16(2)24(22-15)14-19(25)21-18-8-5-17(6-9-18)7-10-20(26)23-11-3-4-12-23/h5-6,8-9,13H,3-4,7,10-12,14H2,1-2H3,(H,21,25). The first-order valence-corrected chi connectivity index (χ1v) is 9.19. The Kier molecular flexibility index (Phi) is 5.71. The maximum Gasteiger partial charge on any atom is 0.246 e. The van der Waals surface area contributed by atoms with Crippen LogP contribution in [-0.4, -0.2) is 39.6 Å². The number of nitrogens with zero attached hydrogens (tertiary/aromatic N) is 3. The van der Waals surface area contributed by atoms with Crippen LogP contribution in [-0.2, 0) is 22.6 Å². The molecule has 2 heterocycles. The molecule has 1 aromatic heterocycles. The summed E-state index contributed by atoms with van der Waals surface area (Å²) < 4.78 is 1.70. The number of hydrogen-bond donors (Lipinski definition) is 1. The monoisotopic (exact) mass is 354 g/mol. The van der Waals surface area contributed by atoms with Gasteiger partial charge in [-0.15, -0.1) is 0 Å². The third-order valence-electron chi connectivity index (χ3n) is 4.72. The number of anilines is 1. The van der Waals surface area contributed by atoms with Gasteiger partial charge in [-0.05, 0) is 56.9 Å². The van der Waals surface area contributed by atoms with Crippen molar-refractivity contribution in [3.05, 3.63) is 47.3 Å². The molecular weight excluding hydrogens is 328 g/mol. The number of nitrogens with one attached hydrogen (secondary N) is 1. The van der Waals surface area contributed by atoms with Crippen LogP contribution < -0.4 is 5.32 Å². The molecule has 1 saturated heterocycles. The Bertz CT molecular complexity index is 774. The Labute approximate surface area is 154 Å². The van der Waals surface area contributed by atoms with E-state index in [1.54, 1.807) is 4.68 Å². The van der Waals surface area contributed by atoms with Gasteiger partial charge in [0.25, 0.3) is 0 Å². The molecule has 1 aliphatic rings. The van der Waals surface area contributed by atoms with Crippen LogP contribution in [0.5, 0.6) is 0 Å². The molecule has 0 unspecified atom stereocenters. The molecular formula is C20H26N4O2. The van der Waals surface area contributed by atoms with Crippen molar-refractivity contribution in [2.45, 2.75) is 46.1 Å². The zero-order valence-electron chi connectivity index (χ0n) is 15.5. The van der Waals surface area contributed by atoms with Gasteiger partial charge >= 0.3 is 0 Å². The fourth-order valence-electron chi connectivity index (χ4n) is 3.30. The molecule has 0 spiro atoms. The lowest BCUT2D eigenvalue weighted by atomic mass is 10.1. The first kappa shape index (κ1) is 18.2. The van der Waals surface area contributed by atoms with Crippen molar-refractivity contribution in [1.29, 1.82) is 0 Å². The van der Waals surface area contributed by atoms with Gasteiger partial charge in [0, 0.05) is 30.9 Å². The molecule has 0 aliphatic carbocycles. The fourth-order valence-corrected chi connectivity index (χ4v) is 3.30. The number of aromatic nitrogens is 2. The molecule has 6 heteroatoms. The van der Waals surface area contributed by atoms with Crippen LogP contribution in [0.2, 0.25) is 0 Å². The SMILES string of the molecule is Cc1cc(C)n(CC(=O)Nc2ccc(CCC(=O)N3CCCC3)cc2)n1. The Morgan fingerprint density at radius 3 is 2.42 bits per heavy atom. The quantitative estimate of drug-likeness (QED) is 0.867. The van der Waals surface area contributed by atoms with Gasteiger partial charge in [0.1, 0.15) is 6.54 Å². The van der Waals surface area contributed by atoms with Crippen LogP contribution in [0.1, 0.15) is 36.2 Å². The summed E-state index contributed by atoms with van der Waals surface area (Å²) in [4.78, 5) is 26.2. The number of carbonyl (C=O) groups excluding carboxylic acids is 2. The predicted molar refractivity (Wildman–Crippen MR) is 101 cm³/mol. The smallest absolute Gasteiger partial charge is 0.246 e. The van der Waals surface area contributed by atoms with Crippen LogP contribution in [0.25, 0.3) is 0 Å². The molecule has 0 saturated carbocycles. The van der Waals surface area contributed by atoms with E-state index in [0.717, 1.165) is 55.0 Å². The zero-order valence-corrected chi connectivity index (χ0v) is 15.5. The highest BCUT2D eigenvalue weighted by Crippen LogP contribution is 2.14. The average Bonchev–Trinajstić information content (AvgIpc) is 3.24. The molecule has 2 aromatic rings. The molecule has 0 bridgehead atoms. The number of hydrogen-bond acceptors (Lipinski definition) is 3. The van der Waals surface area contributed by atoms with Gasteiger partial charge in [-0.3, -0.25) is 14.3 Å². The predicted octanol–water partition coefficient (Wildman–Crippen LogP) is 2.69. The minimum Gasteiger partial charge on any atom is -0.343 e. The van der Waals surface area contributed by atoms with E-state index < -0.39 is 0 Å². The van der Waals surface area contributed by atoms with Crippen molar-refractivity contribution in [3.63, 3.8) is 0 Å². The summed E-state index contributed by atoms with van der Waals surface area (Å²) in [5.41, 5.74) is 3.74. The summed E-state index contributed by atoms with van der Waals surface area (Å²) in [5.74, 6) is 0.137. The van der Waals surface area contributed by atoms with Crippen molar-refractivity contribution < 1.29 is 9.59 Å². The van der Waals surface area contributed by atoms with Crippen LogP contribution in [0, 0.1) is 13.8 Å². The zero-order chi connectivity index (χ0) is 18.5. The number of amides is 2. The summed E-state index contributed by atoms with van der Waals surface area (Å²) in [6.45, 7) is 5.85. The second kappa shape index (κ2) is 8.17. The van der Waals surface area contributed by atoms with Crippen molar-refractivity contribution >= 4 is 17.5 Å². The third-order valence-corrected chi connectivity index (χ3v) is 4.72. The molecule has 1 fully saturated rings. The van der Waals surface area contributed by atoms with Gasteiger partial charge in [-0.25, -0.2) is 0 Å². The minimum atomic E-state index is -0.104. The number of aryl methyl sites for hydroxylation is 3. The topological polar surface area (TPSA) is 67.2 Å². The molecule has 2 amide bonds. The molecule has 0 atom stereocenters. The van der Waals surface area contributed by atoms with E-state index in [1.165, 1.54) is 0 Å². The molecule has 1 N–H and O–H groups in total. The molecule has 138 valence electrons. The van der Waals surface area contributed by atoms with Crippen LogP contribution in [0.4, 0.5) is 5.69 Å². The summed E-state index contributed by atoms with van der Waals surface area (Å²) in [6, 6.07) is 9.65. The van der Waals surface area contributed by atoms with Crippen LogP contribution in [0.3, 0.4) is 0 Å². The van der Waals surface area contributed by atoms with Crippen LogP contribution in [0.15, 0.2) is 30.3 Å². The van der Waals surface area contributed by atoms with Crippen molar-refractivity contribution in [3.8, 4) is 0 Å². The van der Waals surface area contributed by atoms with Gasteiger partial charge in [0.05, 0.1) is 5.69 Å². The highest BCUT2D eigenvalue weighted by molar-refractivity contribution is 5.90. The van der Waals surface area contributed by atoms with Gasteiger partial charge in [-0.1, -0.05) is 12.1 Å². The van der Waals surface area contributed by atoms with E-state index in [1.807, 2.05) is 49.1 Å². The van der Waals surface area contributed by atoms with Gasteiger partial charge in [-0.2, -0.15) is 5.10 Å². The summed E-state index contributed by atoms with van der Waals surface area (Å²) in [6.07, 6.45) is 3.52. The lowest BCUT2D eigenvalue weighted by Crippen LogP contribution is -2.27. The molecule has 6 nitrogen and oxygen atoms in total. The lowest BCUT2D eigenvalue weighted by molar-refractivity contribution is -0.130. The summed E-state index contributed by atoms with van der Waals surface area (Å²) in [5, 5.41) is 7.19. The Hall–Kier alpha value is -2.63. The fraction of sp³-hybridized carbons (Fsp3) is 0.450. The Balaban J connectivity index is 1.48. The van der Waals surface area contributed by atoms with Gasteiger partial charge < -0.3 is 10.2 Å². The van der Waals surface area contributed by atoms with E-state index in [9.17, 15) is 9.59 Å². The average molecular weight is 354 g/mol. The van der Waals surface area contributed by atoms with Crippen molar-refractivity contribution in [2.75, 3.05) is 18.4 Å². The van der Waals surface area contributed by atoms with E-state index in [4.69, 9.17) is 0 Å². The highest BCUT2D eigenvalue weighted by Gasteiger charge is 2.17. The highest BCUT2D eigenvalue weighted by atomic mass is 16.2. The second-order valence-corrected chi connectivity index (χ2v) is 6.92. The van der Waals surface area contributed by atoms with E-state index >= 15 is 0 Å². The van der Waals surface area contributed by atoms with E-state index in [0.29, 0.717) is 6.42 Å². The number of rotatable bonds is 6. The normalized spacial score (nSPS) is 13.8. The van der Waals surface area contributed by atoms with Gasteiger partial charge in [0.15, 0.2) is 0 Å². The largest absolute Gasteiger partial charge is 0.343 e. The molecule has 1 aliphatic heterocycles. The Morgan fingerprint density at radius 1 is 1.12 bits per heavy atom. The van der Waals surface area contributed by atoms with E-state index in [2.05, 4.69) is 10.4 Å². The van der Waals surface area contributed by atoms with Crippen molar-refractivity contribution in [1.82, 2.24) is 14.7 Å². The first-order valence-electron chi connectivity index (χ1n) is 9.19. The number of carbonyl (C=O) groups is 2. The van der Waals surface area contributed by atoms with Gasteiger partial charge in [0.2, 0.25) is 11.8 Å². The first-order chi connectivity index (χ1) is 12.5. The second-order valence-electron chi connectivity index (χ2n) is 6.92. The lowest BCUT2D eigenvalue weighted by Gasteiger charge is -2.15. The third kappa shape index (κ3) is 4.71. The summed E-state index contributed by atoms with van der Waals surface area (Å²) in [7, 11) is 0. The minimum absolute atomic E-state index is 0.104.